The lowest BCUT2D eigenvalue weighted by molar-refractivity contribution is 0.0496. The zero-order chi connectivity index (χ0) is 15.3. The number of piperidine rings is 1. The van der Waals surface area contributed by atoms with Crippen molar-refractivity contribution in [3.05, 3.63) is 34.6 Å². The zero-order valence-corrected chi connectivity index (χ0v) is 13.1. The van der Waals surface area contributed by atoms with Gasteiger partial charge in [-0.2, -0.15) is 5.10 Å². The summed E-state index contributed by atoms with van der Waals surface area (Å²) in [6, 6.07) is 2.15. The normalized spacial score (nSPS) is 24.5. The van der Waals surface area contributed by atoms with Gasteiger partial charge in [0.2, 0.25) is 0 Å². The van der Waals surface area contributed by atoms with Gasteiger partial charge in [0.15, 0.2) is 5.65 Å². The number of hydrogen-bond acceptors (Lipinski definition) is 3. The lowest BCUT2D eigenvalue weighted by Gasteiger charge is -2.44. The van der Waals surface area contributed by atoms with E-state index in [1.807, 2.05) is 4.90 Å². The van der Waals surface area contributed by atoms with E-state index in [4.69, 9.17) is 11.6 Å². The van der Waals surface area contributed by atoms with Gasteiger partial charge in [-0.25, -0.2) is 4.98 Å². The molecule has 0 radical (unpaired) electrons. The van der Waals surface area contributed by atoms with Crippen molar-refractivity contribution in [1.82, 2.24) is 20.1 Å². The fourth-order valence-electron chi connectivity index (χ4n) is 3.77. The number of rotatable bonds is 1. The number of hydrogen-bond donors (Lipinski definition) is 1. The Hall–Kier alpha value is -1.88. The van der Waals surface area contributed by atoms with Crippen LogP contribution >= 0.6 is 11.6 Å². The summed E-state index contributed by atoms with van der Waals surface area (Å²) in [5, 5.41) is 7.82. The van der Waals surface area contributed by atoms with Crippen LogP contribution in [-0.2, 0) is 0 Å². The first-order chi connectivity index (χ1) is 10.6. The number of amides is 1. The number of aromatic nitrogens is 3. The third kappa shape index (κ3) is 2.11. The molecule has 1 amide bonds. The number of H-pyrrole nitrogens is 1. The van der Waals surface area contributed by atoms with E-state index in [1.54, 1.807) is 12.3 Å². The summed E-state index contributed by atoms with van der Waals surface area (Å²) >= 11 is 6.07. The Morgan fingerprint density at radius 3 is 3.14 bits per heavy atom. The molecule has 5 nitrogen and oxygen atoms in total. The predicted octanol–water partition coefficient (Wildman–Crippen LogP) is 3.32. The molecule has 22 heavy (non-hydrogen) atoms. The number of pyridine rings is 1. The van der Waals surface area contributed by atoms with Crippen molar-refractivity contribution < 1.29 is 4.79 Å². The minimum absolute atomic E-state index is 0.0363. The highest BCUT2D eigenvalue weighted by Crippen LogP contribution is 2.35. The van der Waals surface area contributed by atoms with Crippen LogP contribution < -0.4 is 0 Å². The van der Waals surface area contributed by atoms with Gasteiger partial charge in [-0.15, -0.1) is 0 Å². The Labute approximate surface area is 133 Å². The van der Waals surface area contributed by atoms with Crippen LogP contribution in [0.2, 0.25) is 5.15 Å². The quantitative estimate of drug-likeness (QED) is 0.648. The molecule has 2 bridgehead atoms. The highest BCUT2D eigenvalue weighted by atomic mass is 35.5. The van der Waals surface area contributed by atoms with E-state index in [0.717, 1.165) is 24.6 Å². The van der Waals surface area contributed by atoms with Crippen molar-refractivity contribution in [3.63, 3.8) is 0 Å². The van der Waals surface area contributed by atoms with Crippen LogP contribution in [0.1, 0.15) is 43.0 Å². The topological polar surface area (TPSA) is 61.9 Å². The van der Waals surface area contributed by atoms with E-state index >= 15 is 0 Å². The standard InChI is InChI=1S/C16H17ClN4O/c1-9-5-10-3-2-4-11(6-9)21(10)16(22)12-7-14(17)19-15-13(12)8-18-20-15/h5,7-8,10-11H,2-4,6H2,1H3,(H,18,19,20). The molecule has 1 N–H and O–H groups in total. The molecule has 0 spiro atoms. The Balaban J connectivity index is 1.79. The lowest BCUT2D eigenvalue weighted by Crippen LogP contribution is -2.51. The SMILES string of the molecule is CC1=CC2CCCC(C1)N2C(=O)c1cc(Cl)nc2[nH]ncc12. The van der Waals surface area contributed by atoms with E-state index in [9.17, 15) is 4.79 Å². The molecule has 4 rings (SSSR count). The van der Waals surface area contributed by atoms with Crippen molar-refractivity contribution in [2.45, 2.75) is 44.7 Å². The molecular weight excluding hydrogens is 300 g/mol. The molecule has 2 aromatic heterocycles. The van der Waals surface area contributed by atoms with E-state index < -0.39 is 0 Å². The number of carbonyl (C=O) groups excluding carboxylic acids is 1. The predicted molar refractivity (Wildman–Crippen MR) is 84.9 cm³/mol. The number of halogens is 1. The molecule has 2 aromatic rings. The Bertz CT molecular complexity index is 782. The largest absolute Gasteiger partial charge is 0.329 e. The van der Waals surface area contributed by atoms with Gasteiger partial charge >= 0.3 is 0 Å². The minimum Gasteiger partial charge on any atom is -0.329 e. The average Bonchev–Trinajstić information content (AvgIpc) is 2.92. The van der Waals surface area contributed by atoms with E-state index in [0.29, 0.717) is 22.4 Å². The maximum absolute atomic E-state index is 13.2. The van der Waals surface area contributed by atoms with Gasteiger partial charge in [-0.3, -0.25) is 9.89 Å². The molecule has 4 heterocycles. The molecule has 0 saturated carbocycles. The van der Waals surface area contributed by atoms with Crippen molar-refractivity contribution >= 4 is 28.5 Å². The summed E-state index contributed by atoms with van der Waals surface area (Å²) in [6.45, 7) is 2.16. The summed E-state index contributed by atoms with van der Waals surface area (Å²) in [4.78, 5) is 19.4. The van der Waals surface area contributed by atoms with Crippen LogP contribution in [0, 0.1) is 0 Å². The van der Waals surface area contributed by atoms with Gasteiger partial charge in [0.25, 0.3) is 5.91 Å². The van der Waals surface area contributed by atoms with Gasteiger partial charge in [-0.05, 0) is 38.7 Å². The number of carbonyl (C=O) groups is 1. The number of aromatic amines is 1. The maximum atomic E-state index is 13.2. The molecule has 2 aliphatic heterocycles. The van der Waals surface area contributed by atoms with Gasteiger partial charge in [-0.1, -0.05) is 23.3 Å². The first-order valence-corrected chi connectivity index (χ1v) is 8.01. The molecule has 6 heteroatoms. The van der Waals surface area contributed by atoms with E-state index in [1.165, 1.54) is 12.0 Å². The molecule has 1 saturated heterocycles. The Morgan fingerprint density at radius 1 is 1.45 bits per heavy atom. The lowest BCUT2D eigenvalue weighted by atomic mass is 9.85. The molecular formula is C16H17ClN4O. The van der Waals surface area contributed by atoms with Crippen LogP contribution in [0.5, 0.6) is 0 Å². The third-order valence-corrected chi connectivity index (χ3v) is 4.87. The van der Waals surface area contributed by atoms with Crippen LogP contribution in [0.25, 0.3) is 11.0 Å². The van der Waals surface area contributed by atoms with Crippen molar-refractivity contribution in [2.75, 3.05) is 0 Å². The highest BCUT2D eigenvalue weighted by Gasteiger charge is 2.37. The van der Waals surface area contributed by atoms with Crippen LogP contribution in [-0.4, -0.2) is 38.1 Å². The second-order valence-corrected chi connectivity index (χ2v) is 6.59. The summed E-state index contributed by atoms with van der Waals surface area (Å²) < 4.78 is 0. The Morgan fingerprint density at radius 2 is 2.32 bits per heavy atom. The average molecular weight is 317 g/mol. The molecule has 114 valence electrons. The number of nitrogens with one attached hydrogen (secondary N) is 1. The second-order valence-electron chi connectivity index (χ2n) is 6.21. The van der Waals surface area contributed by atoms with E-state index in [2.05, 4.69) is 28.2 Å². The summed E-state index contributed by atoms with van der Waals surface area (Å²) in [5.74, 6) is 0.0363. The Kier molecular flexibility index (Phi) is 3.18. The maximum Gasteiger partial charge on any atom is 0.255 e. The summed E-state index contributed by atoms with van der Waals surface area (Å²) in [6.07, 6.45) is 8.14. The monoisotopic (exact) mass is 316 g/mol. The van der Waals surface area contributed by atoms with Gasteiger partial charge in [0.1, 0.15) is 5.15 Å². The summed E-state index contributed by atoms with van der Waals surface area (Å²) in [7, 11) is 0. The van der Waals surface area contributed by atoms with Gasteiger partial charge in [0, 0.05) is 6.04 Å². The smallest absolute Gasteiger partial charge is 0.255 e. The van der Waals surface area contributed by atoms with E-state index in [-0.39, 0.29) is 11.9 Å². The highest BCUT2D eigenvalue weighted by molar-refractivity contribution is 6.30. The summed E-state index contributed by atoms with van der Waals surface area (Å²) in [5.41, 5.74) is 2.54. The van der Waals surface area contributed by atoms with Crippen LogP contribution in [0.15, 0.2) is 23.9 Å². The van der Waals surface area contributed by atoms with Crippen LogP contribution in [0.3, 0.4) is 0 Å². The van der Waals surface area contributed by atoms with Crippen molar-refractivity contribution in [3.8, 4) is 0 Å². The van der Waals surface area contributed by atoms with Crippen molar-refractivity contribution in [2.24, 2.45) is 0 Å². The third-order valence-electron chi connectivity index (χ3n) is 4.68. The minimum atomic E-state index is 0.0363. The molecule has 0 aromatic carbocycles. The van der Waals surface area contributed by atoms with Crippen molar-refractivity contribution in [1.29, 1.82) is 0 Å². The van der Waals surface area contributed by atoms with Gasteiger partial charge in [0.05, 0.1) is 23.2 Å². The fraction of sp³-hybridized carbons (Fsp3) is 0.438. The molecule has 2 aliphatic rings. The molecule has 2 atom stereocenters. The second kappa shape index (κ2) is 5.09. The fourth-order valence-corrected chi connectivity index (χ4v) is 3.97. The zero-order valence-electron chi connectivity index (χ0n) is 12.3. The first-order valence-electron chi connectivity index (χ1n) is 7.63. The molecule has 2 unspecified atom stereocenters. The first kappa shape index (κ1) is 13.8. The molecule has 0 aliphatic carbocycles. The molecule has 1 fully saturated rings. The van der Waals surface area contributed by atoms with Crippen LogP contribution in [0.4, 0.5) is 0 Å². The number of fused-ring (bicyclic) bond motifs is 3. The number of nitrogens with zero attached hydrogens (tertiary/aromatic N) is 3. The van der Waals surface area contributed by atoms with Gasteiger partial charge < -0.3 is 4.90 Å².